The molecule has 0 amide bonds. The Balaban J connectivity index is 2.66. The van der Waals surface area contributed by atoms with Crippen LogP contribution in [0.15, 0.2) is 0 Å². The van der Waals surface area contributed by atoms with Crippen LogP contribution in [0.2, 0.25) is 0 Å². The molecule has 0 radical (unpaired) electrons. The second kappa shape index (κ2) is 5.44. The van der Waals surface area contributed by atoms with E-state index in [0.717, 1.165) is 0 Å². The normalized spacial score (nSPS) is 32.7. The molecule has 4 atom stereocenters. The number of hydrogen-bond donors (Lipinski definition) is 0. The molecule has 0 spiro atoms. The lowest BCUT2D eigenvalue weighted by molar-refractivity contribution is -0.157. The fourth-order valence-electron chi connectivity index (χ4n) is 1.68. The van der Waals surface area contributed by atoms with Gasteiger partial charge in [-0.25, -0.2) is 0 Å². The van der Waals surface area contributed by atoms with Gasteiger partial charge in [0.25, 0.3) is 0 Å². The van der Waals surface area contributed by atoms with Gasteiger partial charge >= 0.3 is 5.97 Å². The van der Waals surface area contributed by atoms with Crippen molar-refractivity contribution in [2.75, 3.05) is 20.8 Å². The molecular weight excluding hydrogens is 200 g/mol. The van der Waals surface area contributed by atoms with Crippen LogP contribution in [0.1, 0.15) is 13.8 Å². The van der Waals surface area contributed by atoms with E-state index in [1.54, 1.807) is 14.2 Å². The zero-order valence-corrected chi connectivity index (χ0v) is 9.56. The van der Waals surface area contributed by atoms with Crippen molar-refractivity contribution in [3.05, 3.63) is 0 Å². The average Bonchev–Trinajstić information content (AvgIpc) is 2.59. The fraction of sp³-hybridized carbons (Fsp3) is 0.900. The average molecular weight is 218 g/mol. The molecule has 0 bridgehead atoms. The van der Waals surface area contributed by atoms with Crippen LogP contribution in [0, 0.1) is 0 Å². The molecule has 5 heteroatoms. The third-order valence-electron chi connectivity index (χ3n) is 2.58. The lowest BCUT2D eigenvalue weighted by Crippen LogP contribution is -2.41. The fourth-order valence-corrected chi connectivity index (χ4v) is 1.68. The minimum atomic E-state index is -0.387. The van der Waals surface area contributed by atoms with Crippen LogP contribution in [0.25, 0.3) is 0 Å². The number of rotatable bonds is 4. The summed E-state index contributed by atoms with van der Waals surface area (Å²) in [6.07, 6.45) is -0.989. The Labute approximate surface area is 89.6 Å². The third-order valence-corrected chi connectivity index (χ3v) is 2.58. The summed E-state index contributed by atoms with van der Waals surface area (Å²) in [5.41, 5.74) is 0. The second-order valence-electron chi connectivity index (χ2n) is 3.59. The van der Waals surface area contributed by atoms with Gasteiger partial charge in [-0.1, -0.05) is 0 Å². The molecule has 5 nitrogen and oxygen atoms in total. The van der Waals surface area contributed by atoms with Gasteiger partial charge in [0.15, 0.2) is 6.10 Å². The minimum Gasteiger partial charge on any atom is -0.457 e. The Morgan fingerprint density at radius 3 is 2.60 bits per heavy atom. The van der Waals surface area contributed by atoms with Crippen molar-refractivity contribution in [1.82, 2.24) is 0 Å². The Morgan fingerprint density at radius 2 is 2.13 bits per heavy atom. The first kappa shape index (κ1) is 12.4. The molecule has 1 rings (SSSR count). The molecule has 1 aliphatic rings. The summed E-state index contributed by atoms with van der Waals surface area (Å²) in [5.74, 6) is -0.333. The highest BCUT2D eigenvalue weighted by molar-refractivity contribution is 5.66. The van der Waals surface area contributed by atoms with E-state index in [1.165, 1.54) is 6.92 Å². The van der Waals surface area contributed by atoms with Gasteiger partial charge in [-0.2, -0.15) is 0 Å². The van der Waals surface area contributed by atoms with Crippen LogP contribution >= 0.6 is 0 Å². The topological polar surface area (TPSA) is 54.0 Å². The monoisotopic (exact) mass is 218 g/mol. The van der Waals surface area contributed by atoms with E-state index in [2.05, 4.69) is 0 Å². The van der Waals surface area contributed by atoms with Gasteiger partial charge in [0.05, 0.1) is 12.7 Å². The van der Waals surface area contributed by atoms with Crippen LogP contribution in [0.4, 0.5) is 0 Å². The van der Waals surface area contributed by atoms with E-state index in [9.17, 15) is 4.79 Å². The number of esters is 1. The summed E-state index contributed by atoms with van der Waals surface area (Å²) in [4.78, 5) is 10.9. The molecule has 1 fully saturated rings. The first-order chi connectivity index (χ1) is 7.10. The summed E-state index contributed by atoms with van der Waals surface area (Å²) < 4.78 is 21.0. The molecule has 15 heavy (non-hydrogen) atoms. The standard InChI is InChI=1S/C10H18O5/c1-6(12-3)9-10(15-7(2)11)8(13-4)5-14-9/h6,8-10H,5H2,1-4H3. The second-order valence-corrected chi connectivity index (χ2v) is 3.59. The van der Waals surface area contributed by atoms with Gasteiger partial charge in [-0.3, -0.25) is 4.79 Å². The molecule has 0 aromatic heterocycles. The minimum absolute atomic E-state index is 0.130. The quantitative estimate of drug-likeness (QED) is 0.638. The van der Waals surface area contributed by atoms with E-state index in [1.807, 2.05) is 6.92 Å². The summed E-state index contributed by atoms with van der Waals surface area (Å²) in [5, 5.41) is 0. The van der Waals surface area contributed by atoms with Gasteiger partial charge in [-0.15, -0.1) is 0 Å². The first-order valence-corrected chi connectivity index (χ1v) is 4.94. The molecule has 1 heterocycles. The predicted molar refractivity (Wildman–Crippen MR) is 52.6 cm³/mol. The molecule has 4 unspecified atom stereocenters. The van der Waals surface area contributed by atoms with E-state index in [-0.39, 0.29) is 30.4 Å². The van der Waals surface area contributed by atoms with Crippen molar-refractivity contribution in [2.45, 2.75) is 38.3 Å². The maximum Gasteiger partial charge on any atom is 0.303 e. The van der Waals surface area contributed by atoms with Crippen LogP contribution in [0.5, 0.6) is 0 Å². The van der Waals surface area contributed by atoms with Crippen LogP contribution < -0.4 is 0 Å². The maximum atomic E-state index is 10.9. The summed E-state index contributed by atoms with van der Waals surface area (Å²) in [6, 6.07) is 0. The van der Waals surface area contributed by atoms with Gasteiger partial charge in [0, 0.05) is 21.1 Å². The number of hydrogen-bond acceptors (Lipinski definition) is 5. The molecule has 88 valence electrons. The zero-order chi connectivity index (χ0) is 11.4. The van der Waals surface area contributed by atoms with Crippen molar-refractivity contribution in [3.63, 3.8) is 0 Å². The third kappa shape index (κ3) is 2.90. The van der Waals surface area contributed by atoms with Crippen molar-refractivity contribution in [2.24, 2.45) is 0 Å². The molecule has 1 aliphatic heterocycles. The van der Waals surface area contributed by atoms with E-state index >= 15 is 0 Å². The summed E-state index contributed by atoms with van der Waals surface area (Å²) in [7, 11) is 3.17. The predicted octanol–water partition coefficient (Wildman–Crippen LogP) is 0.367. The highest BCUT2D eigenvalue weighted by Gasteiger charge is 2.43. The smallest absolute Gasteiger partial charge is 0.303 e. The highest BCUT2D eigenvalue weighted by atomic mass is 16.6. The summed E-state index contributed by atoms with van der Waals surface area (Å²) >= 11 is 0. The van der Waals surface area contributed by atoms with Crippen LogP contribution in [0.3, 0.4) is 0 Å². The SMILES string of the molecule is COC(C)C1OCC(OC)C1OC(C)=O. The molecule has 0 aromatic rings. The van der Waals surface area contributed by atoms with Gasteiger partial charge in [-0.05, 0) is 6.92 Å². The Morgan fingerprint density at radius 1 is 1.47 bits per heavy atom. The van der Waals surface area contributed by atoms with Gasteiger partial charge in [0.1, 0.15) is 12.2 Å². The van der Waals surface area contributed by atoms with Crippen molar-refractivity contribution >= 4 is 5.97 Å². The van der Waals surface area contributed by atoms with Gasteiger partial charge < -0.3 is 18.9 Å². The van der Waals surface area contributed by atoms with Crippen molar-refractivity contribution in [3.8, 4) is 0 Å². The van der Waals surface area contributed by atoms with E-state index in [0.29, 0.717) is 6.61 Å². The Hall–Kier alpha value is -0.650. The maximum absolute atomic E-state index is 10.9. The highest BCUT2D eigenvalue weighted by Crippen LogP contribution is 2.24. The molecule has 1 saturated heterocycles. The Kier molecular flexibility index (Phi) is 4.50. The largest absolute Gasteiger partial charge is 0.457 e. The lowest BCUT2D eigenvalue weighted by atomic mass is 10.1. The van der Waals surface area contributed by atoms with Crippen LogP contribution in [-0.2, 0) is 23.7 Å². The molecule has 0 saturated carbocycles. The molecular formula is C10H18O5. The Bertz CT molecular complexity index is 218. The zero-order valence-electron chi connectivity index (χ0n) is 9.56. The van der Waals surface area contributed by atoms with E-state index < -0.39 is 0 Å². The number of ether oxygens (including phenoxy) is 4. The number of carbonyl (C=O) groups excluding carboxylic acids is 1. The number of carbonyl (C=O) groups is 1. The van der Waals surface area contributed by atoms with Crippen LogP contribution in [-0.4, -0.2) is 51.2 Å². The number of methoxy groups -OCH3 is 2. The molecule has 0 N–H and O–H groups in total. The summed E-state index contributed by atoms with van der Waals surface area (Å²) in [6.45, 7) is 3.67. The van der Waals surface area contributed by atoms with Crippen molar-refractivity contribution in [1.29, 1.82) is 0 Å². The lowest BCUT2D eigenvalue weighted by Gasteiger charge is -2.25. The van der Waals surface area contributed by atoms with Gasteiger partial charge in [0.2, 0.25) is 0 Å². The van der Waals surface area contributed by atoms with Crippen molar-refractivity contribution < 1.29 is 23.7 Å². The van der Waals surface area contributed by atoms with E-state index in [4.69, 9.17) is 18.9 Å². The molecule has 0 aliphatic carbocycles. The first-order valence-electron chi connectivity index (χ1n) is 4.94. The molecule has 0 aromatic carbocycles.